The number of carbonyl (C=O) groups is 1. The summed E-state index contributed by atoms with van der Waals surface area (Å²) in [5.74, 6) is -0.164. The second-order valence-corrected chi connectivity index (χ2v) is 9.55. The maximum atomic E-state index is 13.0. The van der Waals surface area contributed by atoms with Gasteiger partial charge in [0.15, 0.2) is 0 Å². The molecule has 0 saturated carbocycles. The SMILES string of the molecule is COc1ccc(NC(=O)Cc2coc3cc(C)ccc23)cc1S(=O)(=O)Nc1ccc(Cl)cc1. The summed E-state index contributed by atoms with van der Waals surface area (Å²) in [4.78, 5) is 12.6. The predicted molar refractivity (Wildman–Crippen MR) is 129 cm³/mol. The number of amides is 1. The van der Waals surface area contributed by atoms with Crippen LogP contribution in [0.4, 0.5) is 11.4 Å². The zero-order valence-corrected chi connectivity index (χ0v) is 19.5. The van der Waals surface area contributed by atoms with Crippen molar-refractivity contribution >= 4 is 49.9 Å². The topological polar surface area (TPSA) is 97.6 Å². The van der Waals surface area contributed by atoms with Gasteiger partial charge in [0.1, 0.15) is 16.2 Å². The van der Waals surface area contributed by atoms with Crippen LogP contribution in [-0.2, 0) is 21.2 Å². The van der Waals surface area contributed by atoms with Crippen LogP contribution in [0.15, 0.2) is 76.2 Å². The third-order valence-corrected chi connectivity index (χ3v) is 6.65. The Morgan fingerprint density at radius 2 is 1.76 bits per heavy atom. The molecule has 1 aromatic heterocycles. The molecule has 0 aliphatic heterocycles. The lowest BCUT2D eigenvalue weighted by Crippen LogP contribution is -2.17. The van der Waals surface area contributed by atoms with Gasteiger partial charge in [0.05, 0.1) is 19.8 Å². The Labute approximate surface area is 196 Å². The smallest absolute Gasteiger partial charge is 0.265 e. The summed E-state index contributed by atoms with van der Waals surface area (Å²) in [6.07, 6.45) is 1.64. The van der Waals surface area contributed by atoms with E-state index >= 15 is 0 Å². The number of carbonyl (C=O) groups excluding carboxylic acids is 1. The molecule has 0 spiro atoms. The fraction of sp³-hybridized carbons (Fsp3) is 0.125. The molecule has 0 bridgehead atoms. The number of aryl methyl sites for hydroxylation is 1. The summed E-state index contributed by atoms with van der Waals surface area (Å²) in [7, 11) is -2.62. The van der Waals surface area contributed by atoms with Gasteiger partial charge in [0, 0.05) is 27.3 Å². The molecule has 9 heteroatoms. The van der Waals surface area contributed by atoms with Crippen molar-refractivity contribution in [2.75, 3.05) is 17.1 Å². The number of methoxy groups -OCH3 is 1. The van der Waals surface area contributed by atoms with Crippen LogP contribution in [0, 0.1) is 6.92 Å². The highest BCUT2D eigenvalue weighted by Crippen LogP contribution is 2.30. The molecule has 0 fully saturated rings. The van der Waals surface area contributed by atoms with Gasteiger partial charge < -0.3 is 14.5 Å². The first-order chi connectivity index (χ1) is 15.7. The molecule has 2 N–H and O–H groups in total. The van der Waals surface area contributed by atoms with E-state index < -0.39 is 10.0 Å². The summed E-state index contributed by atoms with van der Waals surface area (Å²) in [5.41, 5.74) is 3.18. The van der Waals surface area contributed by atoms with Crippen LogP contribution >= 0.6 is 11.6 Å². The van der Waals surface area contributed by atoms with E-state index in [1.165, 1.54) is 19.2 Å². The molecule has 1 amide bonds. The first kappa shape index (κ1) is 22.7. The first-order valence-corrected chi connectivity index (χ1v) is 11.8. The van der Waals surface area contributed by atoms with Gasteiger partial charge in [-0.2, -0.15) is 0 Å². The van der Waals surface area contributed by atoms with Crippen LogP contribution in [0.5, 0.6) is 5.75 Å². The van der Waals surface area contributed by atoms with Crippen molar-refractivity contribution in [1.29, 1.82) is 0 Å². The Hall–Kier alpha value is -3.49. The quantitative estimate of drug-likeness (QED) is 0.366. The van der Waals surface area contributed by atoms with Gasteiger partial charge in [-0.25, -0.2) is 8.42 Å². The van der Waals surface area contributed by atoms with Crippen LogP contribution in [0.2, 0.25) is 5.02 Å². The lowest BCUT2D eigenvalue weighted by atomic mass is 10.1. The molecule has 0 aliphatic rings. The predicted octanol–water partition coefficient (Wildman–Crippen LogP) is 5.39. The van der Waals surface area contributed by atoms with Gasteiger partial charge in [-0.15, -0.1) is 0 Å². The third kappa shape index (κ3) is 5.13. The second-order valence-electron chi connectivity index (χ2n) is 7.46. The maximum Gasteiger partial charge on any atom is 0.265 e. The van der Waals surface area contributed by atoms with E-state index in [1.807, 2.05) is 25.1 Å². The van der Waals surface area contributed by atoms with E-state index in [4.69, 9.17) is 20.8 Å². The molecular weight excluding hydrogens is 464 g/mol. The molecule has 0 atom stereocenters. The molecule has 7 nitrogen and oxygen atoms in total. The highest BCUT2D eigenvalue weighted by molar-refractivity contribution is 7.92. The summed E-state index contributed by atoms with van der Waals surface area (Å²) in [6, 6.07) is 16.4. The van der Waals surface area contributed by atoms with Crippen molar-refractivity contribution in [1.82, 2.24) is 0 Å². The number of hydrogen-bond acceptors (Lipinski definition) is 5. The third-order valence-electron chi connectivity index (χ3n) is 5.00. The average molecular weight is 485 g/mol. The fourth-order valence-corrected chi connectivity index (χ4v) is 4.78. The summed E-state index contributed by atoms with van der Waals surface area (Å²) in [6.45, 7) is 1.96. The summed E-state index contributed by atoms with van der Waals surface area (Å²) >= 11 is 5.86. The van der Waals surface area contributed by atoms with Gasteiger partial charge in [-0.05, 0) is 61.0 Å². The fourth-order valence-electron chi connectivity index (χ4n) is 3.40. The molecule has 4 aromatic rings. The molecule has 1 heterocycles. The van der Waals surface area contributed by atoms with E-state index in [0.717, 1.165) is 16.5 Å². The van der Waals surface area contributed by atoms with Gasteiger partial charge >= 0.3 is 0 Å². The van der Waals surface area contributed by atoms with E-state index in [0.29, 0.717) is 22.0 Å². The molecule has 0 unspecified atom stereocenters. The van der Waals surface area contributed by atoms with Gasteiger partial charge in [-0.3, -0.25) is 9.52 Å². The number of ether oxygens (including phenoxy) is 1. The number of halogens is 1. The van der Waals surface area contributed by atoms with Crippen molar-refractivity contribution in [3.05, 3.63) is 83.1 Å². The maximum absolute atomic E-state index is 13.0. The number of sulfonamides is 1. The van der Waals surface area contributed by atoms with E-state index in [-0.39, 0.29) is 23.0 Å². The highest BCUT2D eigenvalue weighted by atomic mass is 35.5. The zero-order valence-electron chi connectivity index (χ0n) is 17.9. The molecule has 4 rings (SSSR count). The Balaban J connectivity index is 1.55. The monoisotopic (exact) mass is 484 g/mol. The minimum absolute atomic E-state index is 0.0766. The number of rotatable bonds is 7. The molecule has 170 valence electrons. The van der Waals surface area contributed by atoms with E-state index in [2.05, 4.69) is 10.0 Å². The minimum Gasteiger partial charge on any atom is -0.495 e. The van der Waals surface area contributed by atoms with Crippen LogP contribution in [0.3, 0.4) is 0 Å². The first-order valence-electron chi connectivity index (χ1n) is 9.98. The lowest BCUT2D eigenvalue weighted by molar-refractivity contribution is -0.115. The number of hydrogen-bond donors (Lipinski definition) is 2. The Morgan fingerprint density at radius 1 is 1.03 bits per heavy atom. The Morgan fingerprint density at radius 3 is 2.48 bits per heavy atom. The van der Waals surface area contributed by atoms with Gasteiger partial charge in [0.25, 0.3) is 10.0 Å². The van der Waals surface area contributed by atoms with Crippen LogP contribution in [0.1, 0.15) is 11.1 Å². The van der Waals surface area contributed by atoms with Crippen molar-refractivity contribution in [2.45, 2.75) is 18.2 Å². The standard InChI is InChI=1S/C24H21ClN2O5S/c1-15-3-9-20-16(14-32-22(20)11-15)12-24(28)26-19-8-10-21(31-2)23(13-19)33(29,30)27-18-6-4-17(25)5-7-18/h3-11,13-14,27H,12H2,1-2H3,(H,26,28). The molecule has 3 aromatic carbocycles. The van der Waals surface area contributed by atoms with Crippen LogP contribution in [-0.4, -0.2) is 21.4 Å². The van der Waals surface area contributed by atoms with Crippen LogP contribution in [0.25, 0.3) is 11.0 Å². The van der Waals surface area contributed by atoms with Crippen molar-refractivity contribution in [3.8, 4) is 5.75 Å². The minimum atomic E-state index is -3.99. The molecule has 33 heavy (non-hydrogen) atoms. The number of fused-ring (bicyclic) bond motifs is 1. The Kier molecular flexibility index (Phi) is 6.31. The largest absolute Gasteiger partial charge is 0.495 e. The number of furan rings is 1. The summed E-state index contributed by atoms with van der Waals surface area (Å²) < 4.78 is 39.2. The lowest BCUT2D eigenvalue weighted by Gasteiger charge is -2.14. The van der Waals surface area contributed by atoms with Crippen molar-refractivity contribution in [3.63, 3.8) is 0 Å². The number of benzene rings is 3. The normalized spacial score (nSPS) is 11.4. The molecule has 0 aliphatic carbocycles. The van der Waals surface area contributed by atoms with E-state index in [1.54, 1.807) is 36.6 Å². The number of nitrogens with one attached hydrogen (secondary N) is 2. The molecule has 0 saturated heterocycles. The van der Waals surface area contributed by atoms with Crippen LogP contribution < -0.4 is 14.8 Å². The molecule has 0 radical (unpaired) electrons. The number of anilines is 2. The average Bonchev–Trinajstić information content (AvgIpc) is 3.16. The van der Waals surface area contributed by atoms with Crippen molar-refractivity contribution < 1.29 is 22.4 Å². The van der Waals surface area contributed by atoms with Gasteiger partial charge in [-0.1, -0.05) is 23.7 Å². The highest BCUT2D eigenvalue weighted by Gasteiger charge is 2.21. The van der Waals surface area contributed by atoms with Gasteiger partial charge in [0.2, 0.25) is 5.91 Å². The Bertz CT molecular complexity index is 1430. The molecular formula is C24H21ClN2O5S. The van der Waals surface area contributed by atoms with E-state index in [9.17, 15) is 13.2 Å². The van der Waals surface area contributed by atoms with Crippen molar-refractivity contribution in [2.24, 2.45) is 0 Å². The zero-order chi connectivity index (χ0) is 23.6. The second kappa shape index (κ2) is 9.17. The summed E-state index contributed by atoms with van der Waals surface area (Å²) in [5, 5.41) is 4.09.